The van der Waals surface area contributed by atoms with Crippen LogP contribution in [0.15, 0.2) is 22.0 Å². The minimum absolute atomic E-state index is 0. The Balaban J connectivity index is 0. The van der Waals surface area contributed by atoms with Crippen molar-refractivity contribution in [3.05, 3.63) is 22.7 Å². The molecule has 7 nitrogen and oxygen atoms in total. The van der Waals surface area contributed by atoms with Crippen molar-refractivity contribution < 1.29 is 13.2 Å². The van der Waals surface area contributed by atoms with E-state index < -0.39 is 21.7 Å². The number of halogens is 3. The Hall–Kier alpha value is -1.22. The lowest BCUT2D eigenvalue weighted by atomic mass is 10.2. The molecule has 0 aliphatic carbocycles. The van der Waals surface area contributed by atoms with Crippen molar-refractivity contribution in [3.63, 3.8) is 0 Å². The summed E-state index contributed by atoms with van der Waals surface area (Å²) in [5.41, 5.74) is 15.5. The van der Waals surface area contributed by atoms with Gasteiger partial charge in [-0.25, -0.2) is 8.42 Å². The van der Waals surface area contributed by atoms with Crippen LogP contribution in [-0.2, 0) is 9.84 Å². The highest BCUT2D eigenvalue weighted by molar-refractivity contribution is 7.90. The number of nitrogen functional groups attached to an aromatic ring is 1. The van der Waals surface area contributed by atoms with Gasteiger partial charge in [-0.1, -0.05) is 11.6 Å². The minimum Gasteiger partial charge on any atom is -0.397 e. The van der Waals surface area contributed by atoms with Gasteiger partial charge in [-0.15, -0.1) is 24.8 Å². The Bertz CT molecular complexity index is 642. The van der Waals surface area contributed by atoms with Gasteiger partial charge in [0.2, 0.25) is 0 Å². The summed E-state index contributed by atoms with van der Waals surface area (Å²) < 4.78 is 22.9. The fourth-order valence-electron chi connectivity index (χ4n) is 1.19. The van der Waals surface area contributed by atoms with Gasteiger partial charge < -0.3 is 17.2 Å². The highest BCUT2D eigenvalue weighted by Gasteiger charge is 2.18. The number of hydrogen-bond acceptors (Lipinski definition) is 4. The van der Waals surface area contributed by atoms with Crippen LogP contribution in [0.2, 0.25) is 5.02 Å². The highest BCUT2D eigenvalue weighted by atomic mass is 35.5. The Morgan fingerprint density at radius 1 is 1.25 bits per heavy atom. The van der Waals surface area contributed by atoms with Crippen LogP contribution in [0.4, 0.5) is 5.69 Å². The first kappa shape index (κ1) is 21.1. The van der Waals surface area contributed by atoms with E-state index in [1.807, 2.05) is 0 Å². The monoisotopic (exact) mass is 362 g/mol. The first-order chi connectivity index (χ1) is 8.12. The lowest BCUT2D eigenvalue weighted by Gasteiger charge is -2.07. The molecule has 1 aromatic carbocycles. The molecule has 1 rings (SSSR count). The van der Waals surface area contributed by atoms with E-state index in [0.29, 0.717) is 0 Å². The standard InChI is InChI=1S/C9H11ClN4O3S.2ClH/c1-18(16,17)6-3-4(2-5(11)7(6)10)8(15)14-9(12)13;;/h2-3H,11H2,1H3,(H4,12,13,14,15);2*1H. The van der Waals surface area contributed by atoms with Crippen molar-refractivity contribution in [2.75, 3.05) is 12.0 Å². The quantitative estimate of drug-likeness (QED) is 0.398. The molecule has 0 heterocycles. The number of amides is 1. The van der Waals surface area contributed by atoms with Crippen LogP contribution in [0.1, 0.15) is 10.4 Å². The zero-order valence-electron chi connectivity index (χ0n) is 10.2. The maximum atomic E-state index is 11.6. The molecule has 6 N–H and O–H groups in total. The number of anilines is 1. The van der Waals surface area contributed by atoms with Gasteiger partial charge in [0.05, 0.1) is 15.6 Å². The molecule has 11 heteroatoms. The van der Waals surface area contributed by atoms with Gasteiger partial charge >= 0.3 is 0 Å². The van der Waals surface area contributed by atoms with Crippen molar-refractivity contribution in [3.8, 4) is 0 Å². The smallest absolute Gasteiger partial charge is 0.280 e. The molecule has 0 radical (unpaired) electrons. The van der Waals surface area contributed by atoms with Crippen LogP contribution in [0.3, 0.4) is 0 Å². The number of guanidine groups is 1. The molecule has 1 aromatic rings. The summed E-state index contributed by atoms with van der Waals surface area (Å²) >= 11 is 5.76. The lowest BCUT2D eigenvalue weighted by Crippen LogP contribution is -2.24. The highest BCUT2D eigenvalue weighted by Crippen LogP contribution is 2.29. The first-order valence-electron chi connectivity index (χ1n) is 4.56. The number of hydrogen-bond donors (Lipinski definition) is 3. The summed E-state index contributed by atoms with van der Waals surface area (Å²) in [7, 11) is -3.62. The zero-order chi connectivity index (χ0) is 14.1. The SMILES string of the molecule is CS(=O)(=O)c1cc(C(=O)N=C(N)N)cc(N)c1Cl.Cl.Cl. The van der Waals surface area contributed by atoms with Gasteiger partial charge in [-0.2, -0.15) is 4.99 Å². The van der Waals surface area contributed by atoms with Gasteiger partial charge in [-0.3, -0.25) is 4.79 Å². The minimum atomic E-state index is -3.62. The number of benzene rings is 1. The summed E-state index contributed by atoms with van der Waals surface area (Å²) in [4.78, 5) is 14.6. The summed E-state index contributed by atoms with van der Waals surface area (Å²) in [6.07, 6.45) is 0.947. The second-order valence-electron chi connectivity index (χ2n) is 3.49. The molecule has 1 amide bonds. The maximum absolute atomic E-state index is 11.6. The molecular formula is C9H13Cl3N4O3S. The molecule has 20 heavy (non-hydrogen) atoms. The van der Waals surface area contributed by atoms with E-state index in [9.17, 15) is 13.2 Å². The second-order valence-corrected chi connectivity index (χ2v) is 5.85. The van der Waals surface area contributed by atoms with Crippen molar-refractivity contribution in [1.29, 1.82) is 0 Å². The summed E-state index contributed by atoms with van der Waals surface area (Å²) in [5.74, 6) is -1.24. The Morgan fingerprint density at radius 2 is 1.75 bits per heavy atom. The van der Waals surface area contributed by atoms with Crippen LogP contribution in [0, 0.1) is 0 Å². The van der Waals surface area contributed by atoms with Crippen LogP contribution in [0.25, 0.3) is 0 Å². The average molecular weight is 364 g/mol. The Labute approximate surface area is 133 Å². The molecule has 0 aromatic heterocycles. The van der Waals surface area contributed by atoms with E-state index in [0.717, 1.165) is 12.3 Å². The Kier molecular flexibility index (Phi) is 7.94. The molecule has 0 fully saturated rings. The molecule has 0 saturated heterocycles. The third-order valence-corrected chi connectivity index (χ3v) is 3.60. The molecule has 0 bridgehead atoms. The lowest BCUT2D eigenvalue weighted by molar-refractivity contribution is 0.100. The van der Waals surface area contributed by atoms with E-state index in [1.165, 1.54) is 6.07 Å². The number of aliphatic imine (C=N–C) groups is 1. The molecule has 0 unspecified atom stereocenters. The van der Waals surface area contributed by atoms with Crippen molar-refractivity contribution >= 4 is 63.8 Å². The van der Waals surface area contributed by atoms with Gasteiger partial charge in [0, 0.05) is 11.8 Å². The van der Waals surface area contributed by atoms with Gasteiger partial charge in [0.15, 0.2) is 15.8 Å². The third kappa shape index (κ3) is 5.04. The van der Waals surface area contributed by atoms with Crippen molar-refractivity contribution in [2.24, 2.45) is 16.5 Å². The van der Waals surface area contributed by atoms with E-state index in [1.54, 1.807) is 0 Å². The molecule has 0 aliphatic heterocycles. The predicted molar refractivity (Wildman–Crippen MR) is 83.6 cm³/mol. The van der Waals surface area contributed by atoms with Crippen molar-refractivity contribution in [1.82, 2.24) is 0 Å². The topological polar surface area (TPSA) is 142 Å². The normalized spacial score (nSPS) is 9.90. The van der Waals surface area contributed by atoms with Crippen LogP contribution in [-0.4, -0.2) is 26.5 Å². The first-order valence-corrected chi connectivity index (χ1v) is 6.83. The number of sulfone groups is 1. The summed E-state index contributed by atoms with van der Waals surface area (Å²) in [6.45, 7) is 0. The van der Waals surface area contributed by atoms with E-state index in [-0.39, 0.29) is 46.0 Å². The number of rotatable bonds is 2. The number of nitrogens with zero attached hydrogens (tertiary/aromatic N) is 1. The molecule has 114 valence electrons. The second kappa shape index (κ2) is 7.53. The summed E-state index contributed by atoms with van der Waals surface area (Å²) in [6, 6.07) is 2.27. The van der Waals surface area contributed by atoms with E-state index in [2.05, 4.69) is 4.99 Å². The maximum Gasteiger partial charge on any atom is 0.280 e. The van der Waals surface area contributed by atoms with Crippen LogP contribution >= 0.6 is 36.4 Å². The van der Waals surface area contributed by atoms with Crippen molar-refractivity contribution in [2.45, 2.75) is 4.90 Å². The zero-order valence-corrected chi connectivity index (χ0v) is 13.4. The average Bonchev–Trinajstić information content (AvgIpc) is 2.18. The fourth-order valence-corrected chi connectivity index (χ4v) is 2.51. The van der Waals surface area contributed by atoms with Crippen LogP contribution in [0.5, 0.6) is 0 Å². The number of carbonyl (C=O) groups excluding carboxylic acids is 1. The van der Waals surface area contributed by atoms with E-state index in [4.69, 9.17) is 28.8 Å². The van der Waals surface area contributed by atoms with Gasteiger partial charge in [0.25, 0.3) is 5.91 Å². The fraction of sp³-hybridized carbons (Fsp3) is 0.111. The molecular weight excluding hydrogens is 351 g/mol. The number of nitrogens with two attached hydrogens (primary N) is 3. The van der Waals surface area contributed by atoms with Gasteiger partial charge in [0.1, 0.15) is 0 Å². The molecule has 0 spiro atoms. The van der Waals surface area contributed by atoms with Gasteiger partial charge in [-0.05, 0) is 12.1 Å². The van der Waals surface area contributed by atoms with Crippen LogP contribution < -0.4 is 17.2 Å². The predicted octanol–water partition coefficient (Wildman–Crippen LogP) is 0.583. The molecule has 0 atom stereocenters. The molecule has 0 aliphatic rings. The largest absolute Gasteiger partial charge is 0.397 e. The number of carbonyl (C=O) groups is 1. The van der Waals surface area contributed by atoms with E-state index >= 15 is 0 Å². The third-order valence-electron chi connectivity index (χ3n) is 1.94. The molecule has 0 saturated carbocycles. The summed E-state index contributed by atoms with van der Waals surface area (Å²) in [5, 5.41) is -0.140. The Morgan fingerprint density at radius 3 is 2.15 bits per heavy atom.